The fourth-order valence-corrected chi connectivity index (χ4v) is 5.42. The van der Waals surface area contributed by atoms with Crippen molar-refractivity contribution in [1.82, 2.24) is 8.87 Å². The Morgan fingerprint density at radius 3 is 2.08 bits per heavy atom. The Labute approximate surface area is 143 Å². The molecular weight excluding hydrogens is 324 g/mol. The first kappa shape index (κ1) is 17.0. The lowest BCUT2D eigenvalue weighted by molar-refractivity contribution is 0.274. The third-order valence-corrected chi connectivity index (χ3v) is 6.94. The van der Waals surface area contributed by atoms with Crippen molar-refractivity contribution in [3.05, 3.63) is 47.8 Å². The number of aromatic nitrogens is 1. The van der Waals surface area contributed by atoms with Crippen LogP contribution in [-0.2, 0) is 10.0 Å². The second-order valence-electron chi connectivity index (χ2n) is 6.36. The van der Waals surface area contributed by atoms with Gasteiger partial charge in [0.25, 0.3) is 0 Å². The van der Waals surface area contributed by atoms with Gasteiger partial charge in [0.15, 0.2) is 0 Å². The van der Waals surface area contributed by atoms with Crippen LogP contribution in [-0.4, -0.2) is 37.5 Å². The van der Waals surface area contributed by atoms with Crippen LogP contribution >= 0.6 is 0 Å². The number of piperidine rings is 1. The first-order valence-electron chi connectivity index (χ1n) is 8.21. The summed E-state index contributed by atoms with van der Waals surface area (Å²) in [4.78, 5) is 0.419. The zero-order chi connectivity index (χ0) is 17.3. The molecule has 24 heavy (non-hydrogen) atoms. The average Bonchev–Trinajstić information content (AvgIpc) is 3.08. The molecule has 130 valence electrons. The third-order valence-electron chi connectivity index (χ3n) is 4.74. The van der Waals surface area contributed by atoms with Crippen molar-refractivity contribution < 1.29 is 13.2 Å². The van der Waals surface area contributed by atoms with Crippen molar-refractivity contribution >= 4 is 10.0 Å². The van der Waals surface area contributed by atoms with Gasteiger partial charge in [-0.05, 0) is 62.1 Å². The highest BCUT2D eigenvalue weighted by atomic mass is 32.2. The number of hydrogen-bond acceptors (Lipinski definition) is 3. The molecule has 0 atom stereocenters. The fraction of sp³-hybridized carbons (Fsp3) is 0.444. The van der Waals surface area contributed by atoms with Gasteiger partial charge in [-0.3, -0.25) is 0 Å². The maximum Gasteiger partial charge on any atom is 0.243 e. The number of rotatable bonds is 4. The van der Waals surface area contributed by atoms with E-state index in [9.17, 15) is 8.42 Å². The zero-order valence-electron chi connectivity index (χ0n) is 14.4. The average molecular weight is 348 g/mol. The Kier molecular flexibility index (Phi) is 4.69. The van der Waals surface area contributed by atoms with E-state index in [1.54, 1.807) is 23.5 Å². The number of nitrogens with zero attached hydrogens (tertiary/aromatic N) is 2. The summed E-state index contributed by atoms with van der Waals surface area (Å²) in [6.07, 6.45) is 5.77. The Bertz CT molecular complexity index is 782. The van der Waals surface area contributed by atoms with E-state index in [1.165, 1.54) is 0 Å². The van der Waals surface area contributed by atoms with Crippen molar-refractivity contribution in [1.29, 1.82) is 0 Å². The van der Waals surface area contributed by atoms with E-state index in [4.69, 9.17) is 4.74 Å². The van der Waals surface area contributed by atoms with Gasteiger partial charge >= 0.3 is 0 Å². The predicted octanol–water partition coefficient (Wildman–Crippen LogP) is 3.14. The lowest BCUT2D eigenvalue weighted by Crippen LogP contribution is -2.39. The molecule has 1 aliphatic rings. The molecule has 0 spiro atoms. The number of benzene rings is 1. The second kappa shape index (κ2) is 6.61. The number of hydrogen-bond donors (Lipinski definition) is 0. The molecule has 1 aliphatic heterocycles. The highest BCUT2D eigenvalue weighted by Crippen LogP contribution is 2.31. The summed E-state index contributed by atoms with van der Waals surface area (Å²) in [5.41, 5.74) is 1.47. The molecule has 3 rings (SSSR count). The zero-order valence-corrected chi connectivity index (χ0v) is 15.2. The molecule has 1 aromatic heterocycles. The Balaban J connectivity index is 1.82. The van der Waals surface area contributed by atoms with Crippen LogP contribution in [0.3, 0.4) is 0 Å². The third kappa shape index (κ3) is 3.08. The summed E-state index contributed by atoms with van der Waals surface area (Å²) in [5, 5.41) is 0. The molecule has 6 heteroatoms. The first-order chi connectivity index (χ1) is 11.4. The van der Waals surface area contributed by atoms with Crippen LogP contribution in [0.15, 0.2) is 41.6 Å². The minimum absolute atomic E-state index is 0.379. The van der Waals surface area contributed by atoms with Gasteiger partial charge in [0.05, 0.1) is 12.0 Å². The molecule has 0 aliphatic carbocycles. The summed E-state index contributed by atoms with van der Waals surface area (Å²) in [5.74, 6) is 0.690. The minimum Gasteiger partial charge on any atom is -0.497 e. The van der Waals surface area contributed by atoms with Gasteiger partial charge in [-0.2, -0.15) is 4.31 Å². The summed E-state index contributed by atoms with van der Waals surface area (Å²) < 4.78 is 35.2. The van der Waals surface area contributed by atoms with Crippen LogP contribution in [0.4, 0.5) is 0 Å². The van der Waals surface area contributed by atoms with E-state index < -0.39 is 10.0 Å². The molecule has 2 aromatic rings. The highest BCUT2D eigenvalue weighted by molar-refractivity contribution is 7.89. The van der Waals surface area contributed by atoms with E-state index in [-0.39, 0.29) is 0 Å². The number of aryl methyl sites for hydroxylation is 2. The van der Waals surface area contributed by atoms with Crippen LogP contribution < -0.4 is 4.74 Å². The summed E-state index contributed by atoms with van der Waals surface area (Å²) in [7, 11) is -1.88. The normalized spacial score (nSPS) is 17.1. The molecule has 0 radical (unpaired) electrons. The molecule has 0 saturated carbocycles. The maximum absolute atomic E-state index is 13.1. The standard InChI is InChI=1S/C18H24N2O3S/c1-14-12-17(23-3)13-15(2)18(14)24(21,22)20-10-6-16(7-11-20)19-8-4-5-9-19/h4-5,8-9,12-13,16H,6-7,10-11H2,1-3H3. The molecule has 0 amide bonds. The van der Waals surface area contributed by atoms with Crippen LogP contribution in [0.25, 0.3) is 0 Å². The molecule has 0 N–H and O–H groups in total. The van der Waals surface area contributed by atoms with Crippen LogP contribution in [0.5, 0.6) is 5.75 Å². The van der Waals surface area contributed by atoms with Gasteiger partial charge in [0, 0.05) is 31.5 Å². The molecule has 0 unspecified atom stereocenters. The monoisotopic (exact) mass is 348 g/mol. The molecule has 1 saturated heterocycles. The van der Waals surface area contributed by atoms with Crippen molar-refractivity contribution in [2.24, 2.45) is 0 Å². The number of ether oxygens (including phenoxy) is 1. The van der Waals surface area contributed by atoms with Gasteiger partial charge in [-0.1, -0.05) is 0 Å². The molecule has 1 aromatic carbocycles. The van der Waals surface area contributed by atoms with Gasteiger partial charge in [0.2, 0.25) is 10.0 Å². The smallest absolute Gasteiger partial charge is 0.243 e. The Morgan fingerprint density at radius 2 is 1.58 bits per heavy atom. The van der Waals surface area contributed by atoms with E-state index in [0.717, 1.165) is 24.0 Å². The van der Waals surface area contributed by atoms with Crippen LogP contribution in [0.2, 0.25) is 0 Å². The molecule has 0 bridgehead atoms. The van der Waals surface area contributed by atoms with Gasteiger partial charge < -0.3 is 9.30 Å². The largest absolute Gasteiger partial charge is 0.497 e. The summed E-state index contributed by atoms with van der Waals surface area (Å²) in [6, 6.07) is 7.96. The van der Waals surface area contributed by atoms with E-state index in [2.05, 4.69) is 4.57 Å². The molecule has 1 fully saturated rings. The SMILES string of the molecule is COc1cc(C)c(S(=O)(=O)N2CCC(n3cccc3)CC2)c(C)c1. The summed E-state index contributed by atoms with van der Waals surface area (Å²) >= 11 is 0. The predicted molar refractivity (Wildman–Crippen MR) is 93.9 cm³/mol. The second-order valence-corrected chi connectivity index (χ2v) is 8.23. The van der Waals surface area contributed by atoms with E-state index >= 15 is 0 Å². The van der Waals surface area contributed by atoms with Gasteiger partial charge in [-0.25, -0.2) is 8.42 Å². The van der Waals surface area contributed by atoms with E-state index in [1.807, 2.05) is 38.4 Å². The van der Waals surface area contributed by atoms with Crippen molar-refractivity contribution in [3.63, 3.8) is 0 Å². The van der Waals surface area contributed by atoms with Crippen molar-refractivity contribution in [3.8, 4) is 5.75 Å². The Morgan fingerprint density at radius 1 is 1.04 bits per heavy atom. The van der Waals surface area contributed by atoms with Crippen molar-refractivity contribution in [2.75, 3.05) is 20.2 Å². The molecule has 5 nitrogen and oxygen atoms in total. The maximum atomic E-state index is 13.1. The minimum atomic E-state index is -3.47. The molecule has 2 heterocycles. The topological polar surface area (TPSA) is 51.5 Å². The van der Waals surface area contributed by atoms with Crippen molar-refractivity contribution in [2.45, 2.75) is 37.6 Å². The first-order valence-corrected chi connectivity index (χ1v) is 9.65. The lowest BCUT2D eigenvalue weighted by Gasteiger charge is -2.32. The highest BCUT2D eigenvalue weighted by Gasteiger charge is 2.32. The van der Waals surface area contributed by atoms with Crippen LogP contribution in [0, 0.1) is 13.8 Å². The fourth-order valence-electron chi connectivity index (χ4n) is 3.54. The summed E-state index contributed by atoms with van der Waals surface area (Å²) in [6.45, 7) is 4.76. The quantitative estimate of drug-likeness (QED) is 0.853. The van der Waals surface area contributed by atoms with Gasteiger partial charge in [0.1, 0.15) is 5.75 Å². The number of methoxy groups -OCH3 is 1. The number of sulfonamides is 1. The lowest BCUT2D eigenvalue weighted by atomic mass is 10.1. The Hall–Kier alpha value is -1.79. The van der Waals surface area contributed by atoms with E-state index in [0.29, 0.717) is 29.8 Å². The van der Waals surface area contributed by atoms with Crippen LogP contribution in [0.1, 0.15) is 30.0 Å². The molecular formula is C18H24N2O3S. The van der Waals surface area contributed by atoms with Gasteiger partial charge in [-0.15, -0.1) is 0 Å².